The highest BCUT2D eigenvalue weighted by Crippen LogP contribution is 2.26. The number of piperazine rings is 1. The standard InChI is InChI=1S/C41H39F5N6O5/c42-32-9-8-26(20-35-29-6-1-2-7-30(29)39(54)50-49-35)19-31(32)41(56)52-14-12-51(13-15-52)37(53)24-47-10-16-57-17-11-48-40(55)38-33(43)22-28(23-34(38)44)27-5-3-4-25(18-27)21-36(45)46/h1-9,18-19,22-23,36,47H,10-17,20-21,24H2,(H,48,55)(H,50,54). The molecule has 1 aromatic heterocycles. The zero-order valence-electron chi connectivity index (χ0n) is 30.6. The molecule has 6 rings (SSSR count). The Hall–Kier alpha value is -6.00. The molecule has 0 aliphatic carbocycles. The number of ether oxygens (including phenoxy) is 1. The van der Waals surface area contributed by atoms with Gasteiger partial charge in [0, 0.05) is 57.5 Å². The lowest BCUT2D eigenvalue weighted by atomic mass is 9.99. The molecule has 0 unspecified atom stereocenters. The molecule has 0 atom stereocenters. The van der Waals surface area contributed by atoms with Gasteiger partial charge in [-0.2, -0.15) is 5.10 Å². The highest BCUT2D eigenvalue weighted by molar-refractivity contribution is 5.96. The molecule has 1 fully saturated rings. The molecule has 0 saturated carbocycles. The number of hydrogen-bond donors (Lipinski definition) is 3. The largest absolute Gasteiger partial charge is 0.378 e. The van der Waals surface area contributed by atoms with Crippen LogP contribution in [0.1, 0.15) is 37.5 Å². The second kappa shape index (κ2) is 18.8. The molecule has 1 aliphatic rings. The van der Waals surface area contributed by atoms with Crippen LogP contribution in [-0.4, -0.2) is 103 Å². The Bertz CT molecular complexity index is 2290. The van der Waals surface area contributed by atoms with E-state index in [1.54, 1.807) is 35.2 Å². The molecule has 298 valence electrons. The average Bonchev–Trinajstić information content (AvgIpc) is 3.20. The van der Waals surface area contributed by atoms with Crippen molar-refractivity contribution >= 4 is 28.5 Å². The minimum atomic E-state index is -2.57. The number of H-pyrrole nitrogens is 1. The maximum atomic E-state index is 14.9. The van der Waals surface area contributed by atoms with E-state index < -0.39 is 47.7 Å². The molecule has 1 saturated heterocycles. The van der Waals surface area contributed by atoms with E-state index in [2.05, 4.69) is 20.8 Å². The van der Waals surface area contributed by atoms with Crippen LogP contribution in [0.2, 0.25) is 0 Å². The van der Waals surface area contributed by atoms with Crippen molar-refractivity contribution in [3.63, 3.8) is 0 Å². The highest BCUT2D eigenvalue weighted by Gasteiger charge is 2.27. The zero-order valence-corrected chi connectivity index (χ0v) is 30.6. The normalized spacial score (nSPS) is 13.0. The van der Waals surface area contributed by atoms with Crippen molar-refractivity contribution in [3.8, 4) is 11.1 Å². The van der Waals surface area contributed by atoms with E-state index in [1.165, 1.54) is 41.3 Å². The summed E-state index contributed by atoms with van der Waals surface area (Å²) >= 11 is 0. The van der Waals surface area contributed by atoms with Crippen molar-refractivity contribution in [3.05, 3.63) is 135 Å². The van der Waals surface area contributed by atoms with Crippen LogP contribution in [0.4, 0.5) is 22.0 Å². The minimum Gasteiger partial charge on any atom is -0.378 e. The van der Waals surface area contributed by atoms with Crippen LogP contribution in [0.3, 0.4) is 0 Å². The van der Waals surface area contributed by atoms with Gasteiger partial charge in [-0.1, -0.05) is 48.5 Å². The summed E-state index contributed by atoms with van der Waals surface area (Å²) in [5, 5.41) is 13.2. The van der Waals surface area contributed by atoms with Crippen LogP contribution >= 0.6 is 0 Å². The van der Waals surface area contributed by atoms with Gasteiger partial charge in [0.05, 0.1) is 36.4 Å². The molecular weight excluding hydrogens is 751 g/mol. The Balaban J connectivity index is 0.886. The van der Waals surface area contributed by atoms with Crippen LogP contribution in [0.25, 0.3) is 21.9 Å². The number of alkyl halides is 2. The molecule has 0 bridgehead atoms. The molecule has 16 heteroatoms. The molecule has 4 aromatic carbocycles. The third-order valence-electron chi connectivity index (χ3n) is 9.48. The van der Waals surface area contributed by atoms with E-state index in [4.69, 9.17) is 4.74 Å². The SMILES string of the molecule is O=C(NCCOCCNCC(=O)N1CCN(C(=O)c2cc(Cc3n[nH]c(=O)c4ccccc34)ccc2F)CC1)c1c(F)cc(-c2cccc(CC(F)F)c2)cc1F. The van der Waals surface area contributed by atoms with Crippen molar-refractivity contribution < 1.29 is 41.1 Å². The van der Waals surface area contributed by atoms with Crippen LogP contribution in [0, 0.1) is 17.5 Å². The minimum absolute atomic E-state index is 0.00322. The molecule has 0 spiro atoms. The van der Waals surface area contributed by atoms with Crippen molar-refractivity contribution in [1.82, 2.24) is 30.6 Å². The van der Waals surface area contributed by atoms with Gasteiger partial charge in [0.25, 0.3) is 17.4 Å². The number of amides is 3. The number of carbonyl (C=O) groups is 3. The van der Waals surface area contributed by atoms with E-state index in [0.29, 0.717) is 39.7 Å². The first kappa shape index (κ1) is 40.7. The third-order valence-corrected chi connectivity index (χ3v) is 9.48. The first-order valence-corrected chi connectivity index (χ1v) is 18.2. The summed E-state index contributed by atoms with van der Waals surface area (Å²) in [5.41, 5.74) is 0.785. The number of nitrogens with zero attached hydrogens (tertiary/aromatic N) is 3. The number of halogens is 5. The summed E-state index contributed by atoms with van der Waals surface area (Å²) in [7, 11) is 0. The Morgan fingerprint density at radius 1 is 0.772 bits per heavy atom. The zero-order chi connectivity index (χ0) is 40.5. The molecule has 1 aliphatic heterocycles. The van der Waals surface area contributed by atoms with Gasteiger partial charge in [-0.05, 0) is 52.6 Å². The number of carbonyl (C=O) groups excluding carboxylic acids is 3. The van der Waals surface area contributed by atoms with Crippen LogP contribution in [-0.2, 0) is 22.4 Å². The van der Waals surface area contributed by atoms with Gasteiger partial charge in [0.15, 0.2) is 0 Å². The molecule has 57 heavy (non-hydrogen) atoms. The maximum absolute atomic E-state index is 14.9. The van der Waals surface area contributed by atoms with Gasteiger partial charge in [-0.3, -0.25) is 19.2 Å². The maximum Gasteiger partial charge on any atom is 0.272 e. The van der Waals surface area contributed by atoms with Crippen molar-refractivity contribution in [2.24, 2.45) is 0 Å². The molecule has 0 radical (unpaired) electrons. The molecule has 3 N–H and O–H groups in total. The molecule has 3 amide bonds. The molecule has 11 nitrogen and oxygen atoms in total. The second-order valence-corrected chi connectivity index (χ2v) is 13.4. The van der Waals surface area contributed by atoms with Gasteiger partial charge in [-0.25, -0.2) is 27.1 Å². The van der Waals surface area contributed by atoms with Gasteiger partial charge in [-0.15, -0.1) is 0 Å². The van der Waals surface area contributed by atoms with E-state index in [0.717, 1.165) is 12.1 Å². The highest BCUT2D eigenvalue weighted by atomic mass is 19.3. The summed E-state index contributed by atoms with van der Waals surface area (Å²) in [6, 6.07) is 19.2. The lowest BCUT2D eigenvalue weighted by Crippen LogP contribution is -2.52. The average molecular weight is 791 g/mol. The first-order chi connectivity index (χ1) is 27.5. The fourth-order valence-electron chi connectivity index (χ4n) is 6.57. The summed E-state index contributed by atoms with van der Waals surface area (Å²) in [6.45, 7) is 1.39. The summed E-state index contributed by atoms with van der Waals surface area (Å²) < 4.78 is 75.4. The quantitative estimate of drug-likeness (QED) is 0.103. The number of rotatable bonds is 15. The van der Waals surface area contributed by atoms with Gasteiger partial charge < -0.3 is 25.2 Å². The number of aromatic nitrogens is 2. The molecular formula is C41H39F5N6O5. The van der Waals surface area contributed by atoms with Crippen molar-refractivity contribution in [2.45, 2.75) is 19.3 Å². The lowest BCUT2D eigenvalue weighted by Gasteiger charge is -2.35. The Morgan fingerprint density at radius 2 is 1.47 bits per heavy atom. The predicted molar refractivity (Wildman–Crippen MR) is 202 cm³/mol. The van der Waals surface area contributed by atoms with Gasteiger partial charge in [0.1, 0.15) is 23.0 Å². The van der Waals surface area contributed by atoms with Crippen LogP contribution in [0.5, 0.6) is 0 Å². The monoisotopic (exact) mass is 790 g/mol. The fourth-order valence-corrected chi connectivity index (χ4v) is 6.57. The second-order valence-electron chi connectivity index (χ2n) is 13.4. The van der Waals surface area contributed by atoms with E-state index in [-0.39, 0.29) is 81.5 Å². The third kappa shape index (κ3) is 10.3. The number of benzene rings is 4. The van der Waals surface area contributed by atoms with Crippen molar-refractivity contribution in [1.29, 1.82) is 0 Å². The number of fused-ring (bicyclic) bond motifs is 1. The summed E-state index contributed by atoms with van der Waals surface area (Å²) in [4.78, 5) is 53.9. The Kier molecular flexibility index (Phi) is 13.4. The van der Waals surface area contributed by atoms with E-state index in [9.17, 15) is 41.1 Å². The fraction of sp³-hybridized carbons (Fsp3) is 0.293. The van der Waals surface area contributed by atoms with Crippen LogP contribution < -0.4 is 16.2 Å². The van der Waals surface area contributed by atoms with E-state index in [1.807, 2.05) is 0 Å². The number of aromatic amines is 1. The van der Waals surface area contributed by atoms with Crippen LogP contribution in [0.15, 0.2) is 83.7 Å². The van der Waals surface area contributed by atoms with E-state index >= 15 is 0 Å². The lowest BCUT2D eigenvalue weighted by molar-refractivity contribution is -0.131. The number of hydrogen-bond acceptors (Lipinski definition) is 7. The Morgan fingerprint density at radius 3 is 2.21 bits per heavy atom. The van der Waals surface area contributed by atoms with Crippen molar-refractivity contribution in [2.75, 3.05) is 59.0 Å². The molecule has 2 heterocycles. The molecule has 5 aromatic rings. The first-order valence-electron chi connectivity index (χ1n) is 18.2. The number of nitrogens with one attached hydrogen (secondary N) is 3. The summed E-state index contributed by atoms with van der Waals surface area (Å²) in [6.07, 6.45) is -2.80. The topological polar surface area (TPSA) is 137 Å². The Labute approximate surface area is 323 Å². The van der Waals surface area contributed by atoms with Gasteiger partial charge in [0.2, 0.25) is 12.3 Å². The smallest absolute Gasteiger partial charge is 0.272 e. The van der Waals surface area contributed by atoms with Gasteiger partial charge >= 0.3 is 0 Å². The summed E-state index contributed by atoms with van der Waals surface area (Å²) in [5.74, 6) is -4.54. The predicted octanol–water partition coefficient (Wildman–Crippen LogP) is 4.73.